The maximum absolute atomic E-state index is 10.5. The van der Waals surface area contributed by atoms with Gasteiger partial charge in [0.2, 0.25) is 6.79 Å². The molecule has 18 heavy (non-hydrogen) atoms. The molecule has 0 aliphatic carbocycles. The summed E-state index contributed by atoms with van der Waals surface area (Å²) in [6, 6.07) is 5.51. The van der Waals surface area contributed by atoms with Gasteiger partial charge in [0.15, 0.2) is 11.5 Å². The first-order chi connectivity index (χ1) is 8.66. The summed E-state index contributed by atoms with van der Waals surface area (Å²) in [5, 5.41) is 5.80. The van der Waals surface area contributed by atoms with Crippen LogP contribution in [-0.2, 0) is 0 Å². The molecule has 1 atom stereocenters. The highest BCUT2D eigenvalue weighted by Crippen LogP contribution is 2.33. The molecule has 1 aliphatic rings. The number of fused-ring (bicyclic) bond motifs is 1. The normalized spacial score (nSPS) is 14.3. The number of nitrogens with two attached hydrogens (primary N) is 1. The number of benzene rings is 1. The van der Waals surface area contributed by atoms with Crippen LogP contribution in [0.4, 0.5) is 4.79 Å². The van der Waals surface area contributed by atoms with Crippen LogP contribution in [0.1, 0.15) is 18.5 Å². The molecule has 0 spiro atoms. The van der Waals surface area contributed by atoms with E-state index in [1.54, 1.807) is 0 Å². The zero-order chi connectivity index (χ0) is 13.0. The number of carbonyl (C=O) groups excluding carboxylic acids is 1. The van der Waals surface area contributed by atoms with Crippen molar-refractivity contribution in [2.24, 2.45) is 5.73 Å². The van der Waals surface area contributed by atoms with Crippen molar-refractivity contribution in [3.63, 3.8) is 0 Å². The third kappa shape index (κ3) is 3.04. The first-order valence-corrected chi connectivity index (χ1v) is 5.83. The lowest BCUT2D eigenvalue weighted by Gasteiger charge is -2.14. The van der Waals surface area contributed by atoms with E-state index in [2.05, 4.69) is 10.6 Å². The highest BCUT2D eigenvalue weighted by Gasteiger charge is 2.15. The van der Waals surface area contributed by atoms with Crippen LogP contribution in [0.25, 0.3) is 0 Å². The van der Waals surface area contributed by atoms with E-state index in [0.29, 0.717) is 13.1 Å². The monoisotopic (exact) mass is 251 g/mol. The topological polar surface area (TPSA) is 85.6 Å². The molecule has 1 aromatic carbocycles. The molecule has 1 heterocycles. The molecule has 0 saturated heterocycles. The average molecular weight is 251 g/mol. The molecule has 1 aliphatic heterocycles. The Morgan fingerprint density at radius 2 is 2.17 bits per heavy atom. The summed E-state index contributed by atoms with van der Waals surface area (Å²) < 4.78 is 10.6. The summed E-state index contributed by atoms with van der Waals surface area (Å²) >= 11 is 0. The number of nitrogens with one attached hydrogen (secondary N) is 2. The third-order valence-electron chi connectivity index (χ3n) is 2.77. The zero-order valence-corrected chi connectivity index (χ0v) is 10.2. The van der Waals surface area contributed by atoms with E-state index in [4.69, 9.17) is 15.2 Å². The Kier molecular flexibility index (Phi) is 3.88. The number of ether oxygens (including phenoxy) is 2. The second-order valence-corrected chi connectivity index (χ2v) is 4.08. The highest BCUT2D eigenvalue weighted by molar-refractivity contribution is 5.71. The minimum absolute atomic E-state index is 0.161. The van der Waals surface area contributed by atoms with Gasteiger partial charge in [-0.1, -0.05) is 6.07 Å². The smallest absolute Gasteiger partial charge is 0.312 e. The lowest BCUT2D eigenvalue weighted by atomic mass is 10.1. The molecule has 0 bridgehead atoms. The average Bonchev–Trinajstić information content (AvgIpc) is 2.81. The third-order valence-corrected chi connectivity index (χ3v) is 2.77. The maximum Gasteiger partial charge on any atom is 0.312 e. The van der Waals surface area contributed by atoms with Crippen molar-refractivity contribution in [2.45, 2.75) is 13.0 Å². The van der Waals surface area contributed by atoms with E-state index in [1.165, 1.54) is 0 Å². The molecule has 1 aromatic rings. The molecule has 0 radical (unpaired) electrons. The highest BCUT2D eigenvalue weighted by atomic mass is 16.7. The molecule has 6 nitrogen and oxygen atoms in total. The second-order valence-electron chi connectivity index (χ2n) is 4.08. The summed E-state index contributed by atoms with van der Waals surface area (Å²) in [5.74, 6) is 1.55. The Morgan fingerprint density at radius 3 is 2.94 bits per heavy atom. The molecule has 0 aromatic heterocycles. The van der Waals surface area contributed by atoms with Gasteiger partial charge in [0.05, 0.1) is 0 Å². The van der Waals surface area contributed by atoms with Crippen LogP contribution < -0.4 is 25.8 Å². The Bertz CT molecular complexity index is 437. The minimum atomic E-state index is -0.507. The summed E-state index contributed by atoms with van der Waals surface area (Å²) in [5.41, 5.74) is 6.08. The molecule has 2 rings (SSSR count). The molecule has 1 unspecified atom stereocenters. The number of amides is 2. The molecule has 0 fully saturated rings. The molecular weight excluding hydrogens is 234 g/mol. The Labute approximate surface area is 105 Å². The van der Waals surface area contributed by atoms with E-state index < -0.39 is 6.03 Å². The lowest BCUT2D eigenvalue weighted by Crippen LogP contribution is -2.35. The van der Waals surface area contributed by atoms with Crippen LogP contribution in [-0.4, -0.2) is 25.9 Å². The molecule has 0 saturated carbocycles. The summed E-state index contributed by atoms with van der Waals surface area (Å²) in [7, 11) is 0. The van der Waals surface area contributed by atoms with E-state index in [1.807, 2.05) is 25.1 Å². The van der Waals surface area contributed by atoms with Crippen LogP contribution >= 0.6 is 0 Å². The van der Waals surface area contributed by atoms with E-state index in [0.717, 1.165) is 17.1 Å². The number of hydrogen-bond donors (Lipinski definition) is 3. The molecule has 4 N–H and O–H groups in total. The van der Waals surface area contributed by atoms with E-state index in [9.17, 15) is 4.79 Å². The van der Waals surface area contributed by atoms with Crippen molar-refractivity contribution in [3.8, 4) is 11.5 Å². The number of carbonyl (C=O) groups is 1. The van der Waals surface area contributed by atoms with Gasteiger partial charge in [0.25, 0.3) is 0 Å². The fourth-order valence-corrected chi connectivity index (χ4v) is 1.77. The number of hydrogen-bond acceptors (Lipinski definition) is 4. The minimum Gasteiger partial charge on any atom is -0.454 e. The fourth-order valence-electron chi connectivity index (χ4n) is 1.77. The first-order valence-electron chi connectivity index (χ1n) is 5.83. The van der Waals surface area contributed by atoms with Gasteiger partial charge in [-0.15, -0.1) is 0 Å². The summed E-state index contributed by atoms with van der Waals surface area (Å²) in [4.78, 5) is 10.5. The Hall–Kier alpha value is -1.95. The van der Waals surface area contributed by atoms with Gasteiger partial charge >= 0.3 is 6.03 Å². The van der Waals surface area contributed by atoms with Gasteiger partial charge in [-0.25, -0.2) is 4.79 Å². The first kappa shape index (κ1) is 12.5. The van der Waals surface area contributed by atoms with Crippen LogP contribution in [0.2, 0.25) is 0 Å². The van der Waals surface area contributed by atoms with Crippen LogP contribution in [0, 0.1) is 0 Å². The number of rotatable bonds is 5. The SMILES string of the molecule is CC(NCCNC(N)=O)c1ccc2c(c1)OCO2. The summed E-state index contributed by atoms with van der Waals surface area (Å²) in [6.45, 7) is 3.48. The summed E-state index contributed by atoms with van der Waals surface area (Å²) in [6.07, 6.45) is 0. The van der Waals surface area contributed by atoms with Gasteiger partial charge in [0.1, 0.15) is 0 Å². The van der Waals surface area contributed by atoms with Gasteiger partial charge < -0.3 is 25.8 Å². The second kappa shape index (κ2) is 5.59. The standard InChI is InChI=1S/C12H17N3O3/c1-8(14-4-5-15-12(13)16)9-2-3-10-11(6-9)18-7-17-10/h2-3,6,8,14H,4-5,7H2,1H3,(H3,13,15,16). The van der Waals surface area contributed by atoms with Gasteiger partial charge in [0, 0.05) is 19.1 Å². The predicted octanol–water partition coefficient (Wildman–Crippen LogP) is 0.734. The molecule has 6 heteroatoms. The van der Waals surface area contributed by atoms with Crippen molar-refractivity contribution >= 4 is 6.03 Å². The van der Waals surface area contributed by atoms with Crippen LogP contribution in [0.5, 0.6) is 11.5 Å². The fraction of sp³-hybridized carbons (Fsp3) is 0.417. The van der Waals surface area contributed by atoms with Crippen molar-refractivity contribution < 1.29 is 14.3 Å². The predicted molar refractivity (Wildman–Crippen MR) is 66.6 cm³/mol. The van der Waals surface area contributed by atoms with Gasteiger partial charge in [-0.2, -0.15) is 0 Å². The molecule has 2 amide bonds. The largest absolute Gasteiger partial charge is 0.454 e. The van der Waals surface area contributed by atoms with Crippen molar-refractivity contribution in [3.05, 3.63) is 23.8 Å². The van der Waals surface area contributed by atoms with E-state index in [-0.39, 0.29) is 12.8 Å². The van der Waals surface area contributed by atoms with Gasteiger partial charge in [-0.3, -0.25) is 0 Å². The quantitative estimate of drug-likeness (QED) is 0.674. The molecular formula is C12H17N3O3. The zero-order valence-electron chi connectivity index (χ0n) is 10.2. The van der Waals surface area contributed by atoms with Crippen molar-refractivity contribution in [1.29, 1.82) is 0 Å². The Morgan fingerprint density at radius 1 is 1.39 bits per heavy atom. The Balaban J connectivity index is 1.85. The maximum atomic E-state index is 10.5. The molecule has 98 valence electrons. The van der Waals surface area contributed by atoms with Crippen LogP contribution in [0.3, 0.4) is 0 Å². The van der Waals surface area contributed by atoms with Crippen molar-refractivity contribution in [1.82, 2.24) is 10.6 Å². The van der Waals surface area contributed by atoms with Gasteiger partial charge in [-0.05, 0) is 24.6 Å². The van der Waals surface area contributed by atoms with Crippen molar-refractivity contribution in [2.75, 3.05) is 19.9 Å². The lowest BCUT2D eigenvalue weighted by molar-refractivity contribution is 0.174. The van der Waals surface area contributed by atoms with E-state index >= 15 is 0 Å². The number of primary amides is 1. The van der Waals surface area contributed by atoms with Crippen LogP contribution in [0.15, 0.2) is 18.2 Å². The number of urea groups is 1.